The number of benzene rings is 2. The minimum Gasteiger partial charge on any atom is -0.467 e. The Labute approximate surface area is 166 Å². The summed E-state index contributed by atoms with van der Waals surface area (Å²) >= 11 is 0. The number of carbonyl (C=O) groups excluding carboxylic acids is 2. The fourth-order valence-corrected chi connectivity index (χ4v) is 2.65. The first-order valence-corrected chi connectivity index (χ1v) is 8.88. The van der Waals surface area contributed by atoms with Crippen molar-refractivity contribution in [2.45, 2.75) is 6.54 Å². The minimum absolute atomic E-state index is 0.225. The number of amides is 3. The Morgan fingerprint density at radius 3 is 2.31 bits per heavy atom. The molecule has 2 heterocycles. The number of para-hydroxylation sites is 2. The van der Waals surface area contributed by atoms with E-state index in [0.717, 1.165) is 5.52 Å². The lowest BCUT2D eigenvalue weighted by Crippen LogP contribution is -2.27. The normalized spacial score (nSPS) is 10.5. The molecule has 144 valence electrons. The molecule has 4 rings (SSSR count). The van der Waals surface area contributed by atoms with Gasteiger partial charge in [-0.3, -0.25) is 9.78 Å². The van der Waals surface area contributed by atoms with Gasteiger partial charge in [0.05, 0.1) is 30.0 Å². The monoisotopic (exact) mass is 387 g/mol. The number of nitrogens with one attached hydrogen (secondary N) is 3. The van der Waals surface area contributed by atoms with Crippen LogP contribution in [0.2, 0.25) is 0 Å². The summed E-state index contributed by atoms with van der Waals surface area (Å²) in [6, 6.07) is 17.3. The maximum absolute atomic E-state index is 12.4. The molecule has 0 aliphatic carbocycles. The highest BCUT2D eigenvalue weighted by Crippen LogP contribution is 2.15. The number of carbonyl (C=O) groups is 2. The van der Waals surface area contributed by atoms with Crippen molar-refractivity contribution in [3.05, 3.63) is 84.6 Å². The summed E-state index contributed by atoms with van der Waals surface area (Å²) in [6.07, 6.45) is 2.99. The molecule has 3 N–H and O–H groups in total. The van der Waals surface area contributed by atoms with Gasteiger partial charge < -0.3 is 20.4 Å². The van der Waals surface area contributed by atoms with Gasteiger partial charge in [-0.2, -0.15) is 0 Å². The average Bonchev–Trinajstić information content (AvgIpc) is 3.27. The van der Waals surface area contributed by atoms with Gasteiger partial charge in [-0.1, -0.05) is 12.1 Å². The standard InChI is InChI=1S/C21H17N5O3/c27-20(19-13-22-17-5-1-2-6-18(17)26-19)24-14-7-9-15(10-8-14)25-21(28)23-12-16-4-3-11-29-16/h1-11,13H,12H2,(H,24,27)(H2,23,25,28). The predicted octanol–water partition coefficient (Wildman–Crippen LogP) is 3.80. The molecule has 3 amide bonds. The number of aromatic nitrogens is 2. The van der Waals surface area contributed by atoms with Crippen LogP contribution in [0.5, 0.6) is 0 Å². The zero-order valence-corrected chi connectivity index (χ0v) is 15.3. The van der Waals surface area contributed by atoms with E-state index in [-0.39, 0.29) is 17.6 Å². The van der Waals surface area contributed by atoms with Gasteiger partial charge in [-0.05, 0) is 48.5 Å². The third-order valence-electron chi connectivity index (χ3n) is 4.09. The summed E-state index contributed by atoms with van der Waals surface area (Å²) in [5.41, 5.74) is 2.77. The van der Waals surface area contributed by atoms with E-state index in [1.807, 2.05) is 18.2 Å². The van der Waals surface area contributed by atoms with Crippen molar-refractivity contribution >= 4 is 34.3 Å². The van der Waals surface area contributed by atoms with Crippen molar-refractivity contribution in [3.8, 4) is 0 Å². The molecule has 4 aromatic rings. The largest absolute Gasteiger partial charge is 0.467 e. The lowest BCUT2D eigenvalue weighted by atomic mass is 10.2. The molecule has 29 heavy (non-hydrogen) atoms. The van der Waals surface area contributed by atoms with Gasteiger partial charge in [0.1, 0.15) is 11.5 Å². The van der Waals surface area contributed by atoms with Gasteiger partial charge in [0.15, 0.2) is 0 Å². The highest BCUT2D eigenvalue weighted by atomic mass is 16.3. The smallest absolute Gasteiger partial charge is 0.319 e. The SMILES string of the molecule is O=C(NCc1ccco1)Nc1ccc(NC(=O)c2cnc3ccccc3n2)cc1. The second-order valence-electron chi connectivity index (χ2n) is 6.16. The summed E-state index contributed by atoms with van der Waals surface area (Å²) in [4.78, 5) is 32.9. The van der Waals surface area contributed by atoms with Gasteiger partial charge >= 0.3 is 6.03 Å². The van der Waals surface area contributed by atoms with Crippen molar-refractivity contribution in [2.24, 2.45) is 0 Å². The van der Waals surface area contributed by atoms with E-state index < -0.39 is 0 Å². The average molecular weight is 387 g/mol. The van der Waals surface area contributed by atoms with E-state index in [0.29, 0.717) is 29.2 Å². The quantitative estimate of drug-likeness (QED) is 0.483. The molecule has 0 fully saturated rings. The van der Waals surface area contributed by atoms with Crippen LogP contribution >= 0.6 is 0 Å². The molecule has 0 aliphatic heterocycles. The maximum atomic E-state index is 12.4. The Balaban J connectivity index is 1.34. The Bertz CT molecular complexity index is 1140. The van der Waals surface area contributed by atoms with Gasteiger partial charge in [0, 0.05) is 11.4 Å². The first-order chi connectivity index (χ1) is 14.2. The topological polar surface area (TPSA) is 109 Å². The van der Waals surface area contributed by atoms with E-state index >= 15 is 0 Å². The second-order valence-corrected chi connectivity index (χ2v) is 6.16. The van der Waals surface area contributed by atoms with Crippen LogP contribution in [0.1, 0.15) is 16.2 Å². The van der Waals surface area contributed by atoms with Crippen LogP contribution in [-0.2, 0) is 6.54 Å². The number of hydrogen-bond acceptors (Lipinski definition) is 5. The predicted molar refractivity (Wildman–Crippen MR) is 108 cm³/mol. The highest BCUT2D eigenvalue weighted by Gasteiger charge is 2.10. The number of anilines is 2. The van der Waals surface area contributed by atoms with Gasteiger partial charge in [0.2, 0.25) is 0 Å². The number of rotatable bonds is 5. The summed E-state index contributed by atoms with van der Waals surface area (Å²) in [5, 5.41) is 8.16. The van der Waals surface area contributed by atoms with Crippen LogP contribution in [0.4, 0.5) is 16.2 Å². The fraction of sp³-hybridized carbons (Fsp3) is 0.0476. The molecule has 8 nitrogen and oxygen atoms in total. The molecule has 2 aromatic carbocycles. The zero-order valence-electron chi connectivity index (χ0n) is 15.3. The summed E-state index contributed by atoms with van der Waals surface area (Å²) in [5.74, 6) is 0.301. The van der Waals surface area contributed by atoms with Gasteiger partial charge in [0.25, 0.3) is 5.91 Å². The molecule has 0 saturated carbocycles. The number of hydrogen-bond donors (Lipinski definition) is 3. The third-order valence-corrected chi connectivity index (χ3v) is 4.09. The van der Waals surface area contributed by atoms with E-state index in [2.05, 4.69) is 25.9 Å². The van der Waals surface area contributed by atoms with Crippen LogP contribution < -0.4 is 16.0 Å². The van der Waals surface area contributed by atoms with Gasteiger partial charge in [-0.25, -0.2) is 9.78 Å². The van der Waals surface area contributed by atoms with E-state index in [4.69, 9.17) is 4.42 Å². The molecule has 2 aromatic heterocycles. The van der Waals surface area contributed by atoms with Gasteiger partial charge in [-0.15, -0.1) is 0 Å². The number of nitrogens with zero attached hydrogens (tertiary/aromatic N) is 2. The third kappa shape index (κ3) is 4.56. The minimum atomic E-state index is -0.361. The molecule has 0 bridgehead atoms. The first kappa shape index (κ1) is 18.2. The molecule has 0 aliphatic rings. The first-order valence-electron chi connectivity index (χ1n) is 8.88. The summed E-state index contributed by atoms with van der Waals surface area (Å²) in [6.45, 7) is 0.291. The molecular weight excluding hydrogens is 370 g/mol. The molecule has 0 saturated heterocycles. The van der Waals surface area contributed by atoms with Crippen LogP contribution in [0.3, 0.4) is 0 Å². The Morgan fingerprint density at radius 1 is 0.862 bits per heavy atom. The Kier molecular flexibility index (Phi) is 5.15. The highest BCUT2D eigenvalue weighted by molar-refractivity contribution is 6.03. The van der Waals surface area contributed by atoms with Crippen LogP contribution in [0, 0.1) is 0 Å². The number of fused-ring (bicyclic) bond motifs is 1. The zero-order chi connectivity index (χ0) is 20.1. The molecular formula is C21H17N5O3. The molecule has 8 heteroatoms. The lowest BCUT2D eigenvalue weighted by molar-refractivity contribution is 0.102. The molecule has 0 radical (unpaired) electrons. The van der Waals surface area contributed by atoms with Crippen molar-refractivity contribution in [1.29, 1.82) is 0 Å². The number of furan rings is 1. The fourth-order valence-electron chi connectivity index (χ4n) is 2.65. The van der Waals surface area contributed by atoms with Crippen molar-refractivity contribution in [3.63, 3.8) is 0 Å². The van der Waals surface area contributed by atoms with Crippen molar-refractivity contribution in [1.82, 2.24) is 15.3 Å². The second kappa shape index (κ2) is 8.22. The van der Waals surface area contributed by atoms with E-state index in [1.54, 1.807) is 48.7 Å². The molecule has 0 spiro atoms. The molecule has 0 atom stereocenters. The molecule has 0 unspecified atom stereocenters. The van der Waals surface area contributed by atoms with Crippen molar-refractivity contribution in [2.75, 3.05) is 10.6 Å². The lowest BCUT2D eigenvalue weighted by Gasteiger charge is -2.08. The Hall–Kier alpha value is -4.20. The van der Waals surface area contributed by atoms with Crippen LogP contribution in [-0.4, -0.2) is 21.9 Å². The van der Waals surface area contributed by atoms with E-state index in [1.165, 1.54) is 6.20 Å². The van der Waals surface area contributed by atoms with E-state index in [9.17, 15) is 9.59 Å². The Morgan fingerprint density at radius 2 is 1.59 bits per heavy atom. The summed E-state index contributed by atoms with van der Waals surface area (Å²) < 4.78 is 5.15. The van der Waals surface area contributed by atoms with Crippen molar-refractivity contribution < 1.29 is 14.0 Å². The summed E-state index contributed by atoms with van der Waals surface area (Å²) in [7, 11) is 0. The van der Waals surface area contributed by atoms with Crippen LogP contribution in [0.15, 0.2) is 77.5 Å². The maximum Gasteiger partial charge on any atom is 0.319 e. The number of urea groups is 1. The van der Waals surface area contributed by atoms with Crippen LogP contribution in [0.25, 0.3) is 11.0 Å².